The van der Waals surface area contributed by atoms with E-state index in [-0.39, 0.29) is 0 Å². The lowest BCUT2D eigenvalue weighted by Gasteiger charge is -2.25. The van der Waals surface area contributed by atoms with Crippen molar-refractivity contribution in [3.05, 3.63) is 79.0 Å². The second-order valence-electron chi connectivity index (χ2n) is 9.22. The number of ether oxygens (including phenoxy) is 1. The molecule has 2 aromatic carbocycles. The molecule has 5 aromatic rings. The predicted octanol–water partition coefficient (Wildman–Crippen LogP) is 4.79. The van der Waals surface area contributed by atoms with E-state index >= 15 is 0 Å². The summed E-state index contributed by atoms with van der Waals surface area (Å²) >= 11 is 0. The van der Waals surface area contributed by atoms with Gasteiger partial charge in [0.25, 0.3) is 0 Å². The molecule has 1 fully saturated rings. The smallest absolute Gasteiger partial charge is 0.475 e. The van der Waals surface area contributed by atoms with Crippen LogP contribution in [0, 0.1) is 6.92 Å². The third-order valence-electron chi connectivity index (χ3n) is 6.23. The number of carbonyl (C=O) groups is 1. The average molecular weight is 579 g/mol. The Hall–Kier alpha value is -5.11. The zero-order chi connectivity index (χ0) is 29.7. The van der Waals surface area contributed by atoms with Crippen LogP contribution in [0.2, 0.25) is 0 Å². The number of morpholine rings is 1. The molecule has 1 saturated heterocycles. The molecule has 0 aliphatic carbocycles. The number of aromatic nitrogens is 6. The van der Waals surface area contributed by atoms with Crippen molar-refractivity contribution in [2.24, 2.45) is 0 Å². The third kappa shape index (κ3) is 6.96. The van der Waals surface area contributed by atoms with Crippen molar-refractivity contribution in [2.75, 3.05) is 36.5 Å². The molecular formula is C28H25F3N8O3. The summed E-state index contributed by atoms with van der Waals surface area (Å²) in [5.41, 5.74) is 5.82. The molecule has 42 heavy (non-hydrogen) atoms. The molecule has 11 nitrogen and oxygen atoms in total. The van der Waals surface area contributed by atoms with E-state index in [9.17, 15) is 13.2 Å². The average Bonchev–Trinajstić information content (AvgIpc) is 3.48. The number of nitrogens with one attached hydrogen (secondary N) is 1. The number of alkyl halides is 3. The summed E-state index contributed by atoms with van der Waals surface area (Å²) in [5, 5.41) is 16.0. The number of hydrogen-bond donors (Lipinski definition) is 2. The van der Waals surface area contributed by atoms with E-state index in [4.69, 9.17) is 19.6 Å². The van der Waals surface area contributed by atoms with Crippen molar-refractivity contribution in [1.29, 1.82) is 0 Å². The molecule has 1 aliphatic heterocycles. The number of aryl methyl sites for hydroxylation is 1. The second-order valence-corrected chi connectivity index (χ2v) is 9.22. The van der Waals surface area contributed by atoms with Crippen molar-refractivity contribution in [1.82, 2.24) is 29.7 Å². The molecule has 14 heteroatoms. The van der Waals surface area contributed by atoms with Gasteiger partial charge in [-0.3, -0.25) is 4.98 Å². The van der Waals surface area contributed by atoms with Gasteiger partial charge in [0.1, 0.15) is 6.33 Å². The van der Waals surface area contributed by atoms with Gasteiger partial charge in [0.15, 0.2) is 0 Å². The summed E-state index contributed by atoms with van der Waals surface area (Å²) < 4.78 is 38.9. The van der Waals surface area contributed by atoms with Crippen LogP contribution in [0.3, 0.4) is 0 Å². The highest BCUT2D eigenvalue weighted by Gasteiger charge is 2.38. The minimum Gasteiger partial charge on any atom is -0.475 e. The highest BCUT2D eigenvalue weighted by molar-refractivity contribution is 5.84. The Kier molecular flexibility index (Phi) is 8.24. The second kappa shape index (κ2) is 12.2. The summed E-state index contributed by atoms with van der Waals surface area (Å²) in [7, 11) is 0. The van der Waals surface area contributed by atoms with E-state index < -0.39 is 12.1 Å². The van der Waals surface area contributed by atoms with Crippen molar-refractivity contribution >= 4 is 34.5 Å². The van der Waals surface area contributed by atoms with E-state index in [1.807, 2.05) is 55.7 Å². The normalized spacial score (nSPS) is 13.4. The SMILES string of the molecule is Cc1ccc(-c2ccc3cnc(Nc4ccc(-n5cnc(N6CCOCC6)n5)cc4)nc3c2)cn1.O=C(O)C(F)(F)F. The molecule has 0 saturated carbocycles. The monoisotopic (exact) mass is 578 g/mol. The van der Waals surface area contributed by atoms with Gasteiger partial charge >= 0.3 is 12.1 Å². The van der Waals surface area contributed by atoms with Crippen molar-refractivity contribution in [3.8, 4) is 16.8 Å². The van der Waals surface area contributed by atoms with Crippen LogP contribution in [0.15, 0.2) is 73.3 Å². The molecule has 3 aromatic heterocycles. The maximum atomic E-state index is 10.6. The number of fused-ring (bicyclic) bond motifs is 1. The zero-order valence-corrected chi connectivity index (χ0v) is 22.3. The molecule has 4 heterocycles. The molecule has 216 valence electrons. The van der Waals surface area contributed by atoms with Crippen molar-refractivity contribution < 1.29 is 27.8 Å². The van der Waals surface area contributed by atoms with Gasteiger partial charge in [-0.2, -0.15) is 18.2 Å². The Bertz CT molecular complexity index is 1670. The number of pyridine rings is 1. The van der Waals surface area contributed by atoms with Crippen LogP contribution in [0.1, 0.15) is 5.69 Å². The molecule has 6 rings (SSSR count). The maximum Gasteiger partial charge on any atom is 0.490 e. The fraction of sp³-hybridized carbons (Fsp3) is 0.214. The largest absolute Gasteiger partial charge is 0.490 e. The van der Waals surface area contributed by atoms with Gasteiger partial charge < -0.3 is 20.1 Å². The van der Waals surface area contributed by atoms with Crippen LogP contribution in [-0.4, -0.2) is 73.3 Å². The van der Waals surface area contributed by atoms with Crippen molar-refractivity contribution in [2.45, 2.75) is 13.1 Å². The van der Waals surface area contributed by atoms with Gasteiger partial charge in [0.2, 0.25) is 11.9 Å². The predicted molar refractivity (Wildman–Crippen MR) is 149 cm³/mol. The number of carboxylic acid groups (broad SMARTS) is 1. The number of rotatable bonds is 5. The minimum absolute atomic E-state index is 0.541. The molecular weight excluding hydrogens is 553 g/mol. The van der Waals surface area contributed by atoms with Crippen LogP contribution in [0.5, 0.6) is 0 Å². The molecule has 0 atom stereocenters. The number of hydrogen-bond acceptors (Lipinski definition) is 9. The minimum atomic E-state index is -5.08. The topological polar surface area (TPSA) is 131 Å². The number of halogens is 3. The summed E-state index contributed by atoms with van der Waals surface area (Å²) in [6.45, 7) is 5.01. The molecule has 1 aliphatic rings. The van der Waals surface area contributed by atoms with E-state index in [0.29, 0.717) is 19.2 Å². The fourth-order valence-corrected chi connectivity index (χ4v) is 4.02. The van der Waals surface area contributed by atoms with Crippen LogP contribution < -0.4 is 10.2 Å². The van der Waals surface area contributed by atoms with Crippen molar-refractivity contribution in [3.63, 3.8) is 0 Å². The van der Waals surface area contributed by atoms with Crippen LogP contribution in [0.25, 0.3) is 27.7 Å². The third-order valence-corrected chi connectivity index (χ3v) is 6.23. The number of benzene rings is 2. The first-order valence-electron chi connectivity index (χ1n) is 12.8. The Balaban J connectivity index is 0.000000451. The van der Waals surface area contributed by atoms with Gasteiger partial charge in [-0.25, -0.2) is 19.4 Å². The molecule has 0 spiro atoms. The van der Waals surface area contributed by atoms with Gasteiger partial charge in [-0.05, 0) is 48.9 Å². The van der Waals surface area contributed by atoms with Gasteiger partial charge in [-0.15, -0.1) is 5.10 Å². The zero-order valence-electron chi connectivity index (χ0n) is 22.3. The lowest BCUT2D eigenvalue weighted by molar-refractivity contribution is -0.192. The first-order chi connectivity index (χ1) is 20.2. The Morgan fingerprint density at radius 1 is 0.952 bits per heavy atom. The molecule has 0 bridgehead atoms. The van der Waals surface area contributed by atoms with E-state index in [1.54, 1.807) is 11.0 Å². The first-order valence-corrected chi connectivity index (χ1v) is 12.8. The Morgan fingerprint density at radius 2 is 1.67 bits per heavy atom. The van der Waals surface area contributed by atoms with Crippen LogP contribution in [0.4, 0.5) is 30.8 Å². The molecule has 0 unspecified atom stereocenters. The number of nitrogens with zero attached hydrogens (tertiary/aromatic N) is 7. The Labute approximate surface area is 237 Å². The van der Waals surface area contributed by atoms with Gasteiger partial charge in [0.05, 0.1) is 24.4 Å². The first kappa shape index (κ1) is 28.4. The highest BCUT2D eigenvalue weighted by Crippen LogP contribution is 2.24. The summed E-state index contributed by atoms with van der Waals surface area (Å²) in [6, 6.07) is 18.2. The molecule has 0 radical (unpaired) electrons. The lowest BCUT2D eigenvalue weighted by atomic mass is 10.1. The summed E-state index contributed by atoms with van der Waals surface area (Å²) in [6.07, 6.45) is 0.372. The fourth-order valence-electron chi connectivity index (χ4n) is 4.02. The molecule has 2 N–H and O–H groups in total. The maximum absolute atomic E-state index is 10.6. The van der Waals surface area contributed by atoms with E-state index in [0.717, 1.165) is 58.1 Å². The molecule has 0 amide bonds. The summed E-state index contributed by atoms with van der Waals surface area (Å²) in [5.74, 6) is -1.49. The number of carboxylic acids is 1. The van der Waals surface area contributed by atoms with Gasteiger partial charge in [-0.1, -0.05) is 18.2 Å². The number of anilines is 3. The van der Waals surface area contributed by atoms with E-state index in [1.165, 1.54) is 0 Å². The summed E-state index contributed by atoms with van der Waals surface area (Å²) in [4.78, 5) is 29.1. The van der Waals surface area contributed by atoms with Crippen LogP contribution >= 0.6 is 0 Å². The Morgan fingerprint density at radius 3 is 2.33 bits per heavy atom. The van der Waals surface area contributed by atoms with Gasteiger partial charge in [0, 0.05) is 47.8 Å². The highest BCUT2D eigenvalue weighted by atomic mass is 19.4. The lowest BCUT2D eigenvalue weighted by Crippen LogP contribution is -2.37. The number of aliphatic carboxylic acids is 1. The standard InChI is InChI=1S/C26H24N8O.C2HF3O2/c1-18-2-3-20(15-27-18)19-4-5-21-16-28-25(31-24(21)14-19)30-22-6-8-23(9-7-22)34-17-29-26(32-34)33-10-12-35-13-11-33;3-2(4,5)1(6)7/h2-9,14-17H,10-13H2,1H3,(H,28,30,31);(H,6,7). The van der Waals surface area contributed by atoms with Crippen LogP contribution in [-0.2, 0) is 9.53 Å². The quantitative estimate of drug-likeness (QED) is 0.300. The van der Waals surface area contributed by atoms with E-state index in [2.05, 4.69) is 48.5 Å².